The zero-order chi connectivity index (χ0) is 13.9. The minimum atomic E-state index is -0.542. The highest BCUT2D eigenvalue weighted by Crippen LogP contribution is 2.22. The Morgan fingerprint density at radius 1 is 1.42 bits per heavy atom. The second kappa shape index (κ2) is 5.20. The van der Waals surface area contributed by atoms with E-state index in [1.54, 1.807) is 6.20 Å². The van der Waals surface area contributed by atoms with E-state index in [4.69, 9.17) is 15.7 Å². The number of anilines is 1. The molecule has 19 heavy (non-hydrogen) atoms. The van der Waals surface area contributed by atoms with E-state index >= 15 is 0 Å². The Hall–Kier alpha value is -2.20. The summed E-state index contributed by atoms with van der Waals surface area (Å²) in [7, 11) is 0. The van der Waals surface area contributed by atoms with Crippen molar-refractivity contribution >= 4 is 16.5 Å². The monoisotopic (exact) mass is 275 g/mol. The van der Waals surface area contributed by atoms with Crippen molar-refractivity contribution in [3.63, 3.8) is 0 Å². The molecule has 2 aromatic heterocycles. The molecule has 0 radical (unpaired) electrons. The lowest BCUT2D eigenvalue weighted by Gasteiger charge is -2.15. The Bertz CT molecular complexity index is 599. The summed E-state index contributed by atoms with van der Waals surface area (Å²) in [5.41, 5.74) is 6.54. The standard InChI is InChI=1S/C12H13N5OS/c1-12(2,7-13)8-3-4-9(15-5-8)6-18-11-17-16-10(14)19-11/h3-5H,6H2,1-2H3,(H2,14,16). The fraction of sp³-hybridized carbons (Fsp3) is 0.333. The first-order valence-corrected chi connectivity index (χ1v) is 6.41. The molecule has 0 aliphatic heterocycles. The summed E-state index contributed by atoms with van der Waals surface area (Å²) >= 11 is 1.18. The van der Waals surface area contributed by atoms with Crippen LogP contribution < -0.4 is 10.5 Å². The zero-order valence-electron chi connectivity index (χ0n) is 10.6. The van der Waals surface area contributed by atoms with Crippen LogP contribution in [0.5, 0.6) is 5.19 Å². The SMILES string of the molecule is CC(C)(C#N)c1ccc(COc2nnc(N)s2)nc1. The van der Waals surface area contributed by atoms with Gasteiger partial charge in [0, 0.05) is 6.20 Å². The Morgan fingerprint density at radius 2 is 2.21 bits per heavy atom. The number of rotatable bonds is 4. The lowest BCUT2D eigenvalue weighted by molar-refractivity contribution is 0.297. The van der Waals surface area contributed by atoms with Crippen LogP contribution in [0.1, 0.15) is 25.1 Å². The topological polar surface area (TPSA) is 97.7 Å². The van der Waals surface area contributed by atoms with Gasteiger partial charge in [-0.25, -0.2) is 0 Å². The van der Waals surface area contributed by atoms with Gasteiger partial charge in [0.15, 0.2) is 0 Å². The summed E-state index contributed by atoms with van der Waals surface area (Å²) in [6.07, 6.45) is 1.69. The summed E-state index contributed by atoms with van der Waals surface area (Å²) < 4.78 is 5.40. The van der Waals surface area contributed by atoms with E-state index in [0.29, 0.717) is 16.9 Å². The number of hydrogen-bond donors (Lipinski definition) is 1. The van der Waals surface area contributed by atoms with Crippen molar-refractivity contribution in [2.75, 3.05) is 5.73 Å². The molecule has 0 saturated heterocycles. The van der Waals surface area contributed by atoms with E-state index in [0.717, 1.165) is 11.3 Å². The third-order valence-electron chi connectivity index (χ3n) is 2.59. The van der Waals surface area contributed by atoms with Crippen molar-refractivity contribution in [1.29, 1.82) is 5.26 Å². The summed E-state index contributed by atoms with van der Waals surface area (Å²) in [4.78, 5) is 4.26. The highest BCUT2D eigenvalue weighted by molar-refractivity contribution is 7.16. The first-order chi connectivity index (χ1) is 9.01. The van der Waals surface area contributed by atoms with E-state index in [1.807, 2.05) is 26.0 Å². The number of pyridine rings is 1. The van der Waals surface area contributed by atoms with Crippen LogP contribution in [0.25, 0.3) is 0 Å². The van der Waals surface area contributed by atoms with Gasteiger partial charge >= 0.3 is 0 Å². The minimum absolute atomic E-state index is 0.294. The maximum Gasteiger partial charge on any atom is 0.296 e. The van der Waals surface area contributed by atoms with Crippen molar-refractivity contribution in [2.45, 2.75) is 25.9 Å². The van der Waals surface area contributed by atoms with Gasteiger partial charge in [-0.3, -0.25) is 4.98 Å². The summed E-state index contributed by atoms with van der Waals surface area (Å²) in [6, 6.07) is 5.95. The first kappa shape index (κ1) is 13.2. The summed E-state index contributed by atoms with van der Waals surface area (Å²) in [5.74, 6) is 0. The molecular weight excluding hydrogens is 262 g/mol. The molecular formula is C12H13N5OS. The average Bonchev–Trinajstić information content (AvgIpc) is 2.83. The molecule has 0 bridgehead atoms. The van der Waals surface area contributed by atoms with E-state index in [9.17, 15) is 0 Å². The Morgan fingerprint density at radius 3 is 2.74 bits per heavy atom. The Balaban J connectivity index is 2.02. The third kappa shape index (κ3) is 3.17. The summed E-state index contributed by atoms with van der Waals surface area (Å²) in [5, 5.41) is 17.2. The highest BCUT2D eigenvalue weighted by Gasteiger charge is 2.19. The van der Waals surface area contributed by atoms with E-state index in [-0.39, 0.29) is 0 Å². The van der Waals surface area contributed by atoms with Crippen molar-refractivity contribution in [3.05, 3.63) is 29.6 Å². The third-order valence-corrected chi connectivity index (χ3v) is 3.26. The predicted octanol–water partition coefficient (Wildman–Crippen LogP) is 1.90. The van der Waals surface area contributed by atoms with Gasteiger partial charge in [-0.15, -0.1) is 5.10 Å². The van der Waals surface area contributed by atoms with Crippen molar-refractivity contribution in [1.82, 2.24) is 15.2 Å². The average molecular weight is 275 g/mol. The number of hydrogen-bond acceptors (Lipinski definition) is 7. The first-order valence-electron chi connectivity index (χ1n) is 5.60. The second-order valence-corrected chi connectivity index (χ2v) is 5.44. The largest absolute Gasteiger partial charge is 0.462 e. The maximum atomic E-state index is 9.04. The lowest BCUT2D eigenvalue weighted by Crippen LogP contribution is -2.14. The van der Waals surface area contributed by atoms with Gasteiger partial charge in [-0.05, 0) is 36.8 Å². The smallest absolute Gasteiger partial charge is 0.296 e. The number of ether oxygens (including phenoxy) is 1. The van der Waals surface area contributed by atoms with Crippen LogP contribution in [0.15, 0.2) is 18.3 Å². The van der Waals surface area contributed by atoms with E-state index < -0.39 is 5.41 Å². The molecule has 7 heteroatoms. The molecule has 0 unspecified atom stereocenters. The lowest BCUT2D eigenvalue weighted by atomic mass is 9.87. The van der Waals surface area contributed by atoms with Gasteiger partial charge in [-0.1, -0.05) is 11.2 Å². The van der Waals surface area contributed by atoms with Crippen LogP contribution in [-0.2, 0) is 12.0 Å². The minimum Gasteiger partial charge on any atom is -0.462 e. The highest BCUT2D eigenvalue weighted by atomic mass is 32.1. The molecule has 6 nitrogen and oxygen atoms in total. The van der Waals surface area contributed by atoms with Gasteiger partial charge in [-0.2, -0.15) is 5.26 Å². The summed E-state index contributed by atoms with van der Waals surface area (Å²) in [6.45, 7) is 4.00. The molecule has 98 valence electrons. The molecule has 0 amide bonds. The second-order valence-electron chi connectivity index (χ2n) is 4.47. The van der Waals surface area contributed by atoms with Crippen molar-refractivity contribution in [3.8, 4) is 11.3 Å². The molecule has 0 saturated carbocycles. The van der Waals surface area contributed by atoms with Gasteiger partial charge in [0.2, 0.25) is 5.13 Å². The van der Waals surface area contributed by atoms with E-state index in [2.05, 4.69) is 21.3 Å². The molecule has 2 N–H and O–H groups in total. The van der Waals surface area contributed by atoms with E-state index in [1.165, 1.54) is 11.3 Å². The normalized spacial score (nSPS) is 11.0. The maximum absolute atomic E-state index is 9.04. The van der Waals surface area contributed by atoms with Crippen LogP contribution >= 0.6 is 11.3 Å². The molecule has 0 aliphatic carbocycles. The van der Waals surface area contributed by atoms with Gasteiger partial charge < -0.3 is 10.5 Å². The van der Waals surface area contributed by atoms with Gasteiger partial charge in [0.25, 0.3) is 5.19 Å². The Labute approximate surface area is 114 Å². The van der Waals surface area contributed by atoms with Crippen LogP contribution in [0, 0.1) is 11.3 Å². The van der Waals surface area contributed by atoms with Crippen LogP contribution in [0.2, 0.25) is 0 Å². The predicted molar refractivity (Wildman–Crippen MR) is 71.5 cm³/mol. The fourth-order valence-electron chi connectivity index (χ4n) is 1.36. The number of aromatic nitrogens is 3. The quantitative estimate of drug-likeness (QED) is 0.915. The number of nitriles is 1. The molecule has 2 heterocycles. The van der Waals surface area contributed by atoms with Crippen molar-refractivity contribution in [2.24, 2.45) is 0 Å². The molecule has 0 fully saturated rings. The molecule has 0 atom stereocenters. The zero-order valence-corrected chi connectivity index (χ0v) is 11.4. The molecule has 0 aliphatic rings. The van der Waals surface area contributed by atoms with Crippen LogP contribution in [0.3, 0.4) is 0 Å². The number of nitrogen functional groups attached to an aromatic ring is 1. The number of nitrogens with two attached hydrogens (primary N) is 1. The fourth-order valence-corrected chi connectivity index (χ4v) is 1.82. The molecule has 2 rings (SSSR count). The van der Waals surface area contributed by atoms with Crippen molar-refractivity contribution < 1.29 is 4.74 Å². The van der Waals surface area contributed by atoms with Gasteiger partial charge in [0.1, 0.15) is 6.61 Å². The molecule has 0 spiro atoms. The van der Waals surface area contributed by atoms with Gasteiger partial charge in [0.05, 0.1) is 17.2 Å². The number of nitrogens with zero attached hydrogens (tertiary/aromatic N) is 4. The Kier molecular flexibility index (Phi) is 3.62. The van der Waals surface area contributed by atoms with Crippen LogP contribution in [0.4, 0.5) is 5.13 Å². The van der Waals surface area contributed by atoms with Crippen LogP contribution in [-0.4, -0.2) is 15.2 Å². The molecule has 2 aromatic rings. The molecule has 0 aromatic carbocycles.